The Bertz CT molecular complexity index is 612. The summed E-state index contributed by atoms with van der Waals surface area (Å²) < 4.78 is 24.6. The SMILES string of the molecule is CCNC(=NCCCN(CC)S(C)(=O)=O)NCCSc1ccccc1.I. The molecule has 0 saturated carbocycles. The molecule has 0 amide bonds. The van der Waals surface area contributed by atoms with Crippen molar-refractivity contribution < 1.29 is 8.42 Å². The maximum Gasteiger partial charge on any atom is 0.211 e. The number of rotatable bonds is 11. The molecule has 150 valence electrons. The minimum Gasteiger partial charge on any atom is -0.357 e. The van der Waals surface area contributed by atoms with Crippen molar-refractivity contribution in [1.29, 1.82) is 0 Å². The van der Waals surface area contributed by atoms with Crippen molar-refractivity contribution in [3.05, 3.63) is 30.3 Å². The Morgan fingerprint density at radius 1 is 1.19 bits per heavy atom. The Kier molecular flexibility index (Phi) is 14.2. The first kappa shape index (κ1) is 25.5. The van der Waals surface area contributed by atoms with Crippen LogP contribution < -0.4 is 10.6 Å². The Labute approximate surface area is 179 Å². The lowest BCUT2D eigenvalue weighted by Gasteiger charge is -2.17. The molecule has 1 rings (SSSR count). The molecule has 2 N–H and O–H groups in total. The second-order valence-electron chi connectivity index (χ2n) is 5.46. The van der Waals surface area contributed by atoms with Gasteiger partial charge in [0.1, 0.15) is 0 Å². The van der Waals surface area contributed by atoms with Gasteiger partial charge in [-0.25, -0.2) is 12.7 Å². The molecule has 0 aliphatic carbocycles. The van der Waals surface area contributed by atoms with E-state index in [0.717, 1.165) is 24.8 Å². The number of halogens is 1. The van der Waals surface area contributed by atoms with Crippen LogP contribution in [0.4, 0.5) is 0 Å². The summed E-state index contributed by atoms with van der Waals surface area (Å²) in [5, 5.41) is 6.52. The summed E-state index contributed by atoms with van der Waals surface area (Å²) >= 11 is 1.80. The molecule has 0 atom stereocenters. The van der Waals surface area contributed by atoms with Gasteiger partial charge < -0.3 is 10.6 Å². The summed E-state index contributed by atoms with van der Waals surface area (Å²) in [6.45, 7) is 7.07. The van der Waals surface area contributed by atoms with Crippen LogP contribution in [0.2, 0.25) is 0 Å². The zero-order valence-electron chi connectivity index (χ0n) is 15.8. The third kappa shape index (κ3) is 11.2. The molecule has 0 radical (unpaired) electrons. The topological polar surface area (TPSA) is 73.8 Å². The average Bonchev–Trinajstić information content (AvgIpc) is 2.58. The van der Waals surface area contributed by atoms with Crippen LogP contribution in [0.3, 0.4) is 0 Å². The van der Waals surface area contributed by atoms with Gasteiger partial charge in [0.15, 0.2) is 5.96 Å². The minimum absolute atomic E-state index is 0. The summed E-state index contributed by atoms with van der Waals surface area (Å²) in [6, 6.07) is 10.3. The second-order valence-corrected chi connectivity index (χ2v) is 8.61. The van der Waals surface area contributed by atoms with Crippen molar-refractivity contribution in [1.82, 2.24) is 14.9 Å². The largest absolute Gasteiger partial charge is 0.357 e. The van der Waals surface area contributed by atoms with Crippen LogP contribution in [-0.2, 0) is 10.0 Å². The second kappa shape index (κ2) is 14.5. The molecule has 0 aromatic heterocycles. The van der Waals surface area contributed by atoms with Gasteiger partial charge in [0.2, 0.25) is 10.0 Å². The number of hydrogen-bond acceptors (Lipinski definition) is 4. The lowest BCUT2D eigenvalue weighted by Crippen LogP contribution is -2.38. The third-order valence-corrected chi connectivity index (χ3v) is 5.80. The predicted octanol–water partition coefficient (Wildman–Crippen LogP) is 2.62. The van der Waals surface area contributed by atoms with Crippen molar-refractivity contribution in [3.63, 3.8) is 0 Å². The maximum absolute atomic E-state index is 11.5. The van der Waals surface area contributed by atoms with Crippen LogP contribution in [0.25, 0.3) is 0 Å². The van der Waals surface area contributed by atoms with E-state index < -0.39 is 10.0 Å². The van der Waals surface area contributed by atoms with Crippen LogP contribution >= 0.6 is 35.7 Å². The van der Waals surface area contributed by atoms with E-state index in [1.54, 1.807) is 11.8 Å². The lowest BCUT2D eigenvalue weighted by atomic mass is 10.4. The number of aliphatic imine (C=N–C) groups is 1. The first-order valence-electron chi connectivity index (χ1n) is 8.62. The van der Waals surface area contributed by atoms with Gasteiger partial charge in [-0.05, 0) is 25.5 Å². The first-order chi connectivity index (χ1) is 12.0. The fraction of sp³-hybridized carbons (Fsp3) is 0.588. The summed E-state index contributed by atoms with van der Waals surface area (Å²) in [5.74, 6) is 1.73. The summed E-state index contributed by atoms with van der Waals surface area (Å²) in [6.07, 6.45) is 1.95. The highest BCUT2D eigenvalue weighted by atomic mass is 127. The molecule has 1 aromatic rings. The van der Waals surface area contributed by atoms with Crippen molar-refractivity contribution >= 4 is 51.7 Å². The van der Waals surface area contributed by atoms with E-state index in [0.29, 0.717) is 26.1 Å². The molecular formula is C17H31IN4O2S2. The molecule has 0 aliphatic rings. The standard InChI is InChI=1S/C17H30N4O2S2.HI/c1-4-18-17(19-12-9-14-21(5-2)25(3,22)23)20-13-15-24-16-10-7-6-8-11-16;/h6-8,10-11H,4-5,9,12-15H2,1-3H3,(H2,18,19,20);1H. The summed E-state index contributed by atoms with van der Waals surface area (Å²) in [7, 11) is -3.12. The van der Waals surface area contributed by atoms with Gasteiger partial charge in [-0.2, -0.15) is 0 Å². The average molecular weight is 514 g/mol. The minimum atomic E-state index is -3.12. The Balaban J connectivity index is 0.00000625. The van der Waals surface area contributed by atoms with Crippen LogP contribution in [-0.4, -0.2) is 63.4 Å². The summed E-state index contributed by atoms with van der Waals surface area (Å²) in [5.41, 5.74) is 0. The number of nitrogens with zero attached hydrogens (tertiary/aromatic N) is 2. The molecular weight excluding hydrogens is 483 g/mol. The van der Waals surface area contributed by atoms with E-state index in [-0.39, 0.29) is 24.0 Å². The monoisotopic (exact) mass is 514 g/mol. The smallest absolute Gasteiger partial charge is 0.211 e. The number of guanidine groups is 1. The van der Waals surface area contributed by atoms with Crippen molar-refractivity contribution in [2.75, 3.05) is 44.7 Å². The molecule has 0 heterocycles. The highest BCUT2D eigenvalue weighted by molar-refractivity contribution is 14.0. The zero-order chi connectivity index (χ0) is 18.5. The Morgan fingerprint density at radius 2 is 1.88 bits per heavy atom. The quantitative estimate of drug-likeness (QED) is 0.156. The highest BCUT2D eigenvalue weighted by Crippen LogP contribution is 2.15. The normalized spacial score (nSPS) is 11.9. The number of hydrogen-bond donors (Lipinski definition) is 2. The predicted molar refractivity (Wildman–Crippen MR) is 123 cm³/mol. The zero-order valence-corrected chi connectivity index (χ0v) is 19.7. The first-order valence-corrected chi connectivity index (χ1v) is 11.5. The van der Waals surface area contributed by atoms with Gasteiger partial charge in [0, 0.05) is 43.4 Å². The molecule has 6 nitrogen and oxygen atoms in total. The molecule has 0 spiro atoms. The molecule has 9 heteroatoms. The van der Waals surface area contributed by atoms with Crippen LogP contribution in [0.1, 0.15) is 20.3 Å². The Morgan fingerprint density at radius 3 is 2.46 bits per heavy atom. The summed E-state index contributed by atoms with van der Waals surface area (Å²) in [4.78, 5) is 5.77. The number of thioether (sulfide) groups is 1. The fourth-order valence-corrected chi connectivity index (χ4v) is 3.91. The highest BCUT2D eigenvalue weighted by Gasteiger charge is 2.12. The van der Waals surface area contributed by atoms with Gasteiger partial charge in [-0.3, -0.25) is 4.99 Å². The molecule has 0 unspecified atom stereocenters. The van der Waals surface area contributed by atoms with Crippen LogP contribution in [0, 0.1) is 0 Å². The van der Waals surface area contributed by atoms with Gasteiger partial charge in [-0.1, -0.05) is 25.1 Å². The van der Waals surface area contributed by atoms with E-state index >= 15 is 0 Å². The molecule has 26 heavy (non-hydrogen) atoms. The van der Waals surface area contributed by atoms with Gasteiger partial charge in [-0.15, -0.1) is 35.7 Å². The number of benzene rings is 1. The van der Waals surface area contributed by atoms with Gasteiger partial charge in [0.05, 0.1) is 6.26 Å². The van der Waals surface area contributed by atoms with E-state index in [1.165, 1.54) is 15.5 Å². The molecule has 1 aromatic carbocycles. The van der Waals surface area contributed by atoms with Crippen molar-refractivity contribution in [2.24, 2.45) is 4.99 Å². The third-order valence-electron chi connectivity index (χ3n) is 3.41. The van der Waals surface area contributed by atoms with Crippen molar-refractivity contribution in [3.8, 4) is 0 Å². The van der Waals surface area contributed by atoms with E-state index in [9.17, 15) is 8.42 Å². The fourth-order valence-electron chi connectivity index (χ4n) is 2.19. The number of sulfonamides is 1. The number of nitrogens with one attached hydrogen (secondary N) is 2. The molecule has 0 aliphatic heterocycles. The van der Waals surface area contributed by atoms with Crippen LogP contribution in [0.15, 0.2) is 40.2 Å². The molecule has 0 saturated heterocycles. The molecule has 0 bridgehead atoms. The lowest BCUT2D eigenvalue weighted by molar-refractivity contribution is 0.427. The van der Waals surface area contributed by atoms with E-state index in [1.807, 2.05) is 32.0 Å². The molecule has 0 fully saturated rings. The van der Waals surface area contributed by atoms with Gasteiger partial charge >= 0.3 is 0 Å². The van der Waals surface area contributed by atoms with E-state index in [2.05, 4.69) is 27.8 Å². The van der Waals surface area contributed by atoms with E-state index in [4.69, 9.17) is 0 Å². The van der Waals surface area contributed by atoms with Crippen LogP contribution in [0.5, 0.6) is 0 Å². The Hall–Kier alpha value is -0.520. The van der Waals surface area contributed by atoms with Gasteiger partial charge in [0.25, 0.3) is 0 Å². The van der Waals surface area contributed by atoms with Crippen molar-refractivity contribution in [2.45, 2.75) is 25.2 Å². The maximum atomic E-state index is 11.5.